The minimum atomic E-state index is -0.522. The molecule has 0 saturated carbocycles. The third kappa shape index (κ3) is 2.94. The molecule has 106 valence electrons. The summed E-state index contributed by atoms with van der Waals surface area (Å²) in [6.45, 7) is 1.95. The number of oxazole rings is 1. The Kier molecular flexibility index (Phi) is 3.19. The number of aromatic nitrogens is 1. The number of aromatic amines is 1. The Bertz CT molecular complexity index is 864. The first-order chi connectivity index (χ1) is 10.1. The smallest absolute Gasteiger partial charge is 0.408 e. The number of amides is 2. The van der Waals surface area contributed by atoms with Crippen LogP contribution in [0.3, 0.4) is 0 Å². The van der Waals surface area contributed by atoms with Crippen LogP contribution < -0.4 is 16.4 Å². The SMILES string of the molecule is Cc1cccc(NC(=O)Nc2ccc3[nH]c(=O)oc3c2)c1. The highest BCUT2D eigenvalue weighted by molar-refractivity contribution is 6.00. The molecule has 0 saturated heterocycles. The van der Waals surface area contributed by atoms with Gasteiger partial charge in [0.15, 0.2) is 5.58 Å². The van der Waals surface area contributed by atoms with Gasteiger partial charge in [-0.2, -0.15) is 0 Å². The summed E-state index contributed by atoms with van der Waals surface area (Å²) in [5, 5.41) is 5.42. The lowest BCUT2D eigenvalue weighted by atomic mass is 10.2. The van der Waals surface area contributed by atoms with Gasteiger partial charge in [-0.3, -0.25) is 4.98 Å². The molecule has 0 radical (unpaired) electrons. The second kappa shape index (κ2) is 5.16. The van der Waals surface area contributed by atoms with Crippen LogP contribution in [-0.2, 0) is 0 Å². The normalized spacial score (nSPS) is 10.5. The summed E-state index contributed by atoms with van der Waals surface area (Å²) in [4.78, 5) is 25.5. The fraction of sp³-hybridized carbons (Fsp3) is 0.0667. The predicted molar refractivity (Wildman–Crippen MR) is 80.7 cm³/mol. The molecule has 2 amide bonds. The molecule has 0 spiro atoms. The van der Waals surface area contributed by atoms with Crippen molar-refractivity contribution in [2.45, 2.75) is 6.92 Å². The Hall–Kier alpha value is -3.02. The zero-order valence-electron chi connectivity index (χ0n) is 11.3. The van der Waals surface area contributed by atoms with E-state index in [1.807, 2.05) is 25.1 Å². The Morgan fingerprint density at radius 3 is 2.62 bits per heavy atom. The molecule has 0 aliphatic heterocycles. The van der Waals surface area contributed by atoms with E-state index in [1.165, 1.54) is 0 Å². The number of rotatable bonds is 2. The highest BCUT2D eigenvalue weighted by atomic mass is 16.4. The van der Waals surface area contributed by atoms with E-state index in [-0.39, 0.29) is 6.03 Å². The van der Waals surface area contributed by atoms with E-state index < -0.39 is 5.76 Å². The number of carbonyl (C=O) groups excluding carboxylic acids is 1. The van der Waals surface area contributed by atoms with Gasteiger partial charge in [-0.25, -0.2) is 9.59 Å². The summed E-state index contributed by atoms with van der Waals surface area (Å²) >= 11 is 0. The number of H-pyrrole nitrogens is 1. The third-order valence-electron chi connectivity index (χ3n) is 2.95. The van der Waals surface area contributed by atoms with Crippen LogP contribution in [0.25, 0.3) is 11.1 Å². The molecule has 1 aromatic heterocycles. The molecule has 0 fully saturated rings. The molecule has 0 aliphatic carbocycles. The molecule has 3 aromatic rings. The maximum Gasteiger partial charge on any atom is 0.417 e. The number of benzene rings is 2. The number of anilines is 2. The lowest BCUT2D eigenvalue weighted by molar-refractivity contribution is 0.262. The van der Waals surface area contributed by atoms with Crippen molar-refractivity contribution in [2.24, 2.45) is 0 Å². The van der Waals surface area contributed by atoms with Crippen LogP contribution in [0.2, 0.25) is 0 Å². The van der Waals surface area contributed by atoms with Gasteiger partial charge in [-0.15, -0.1) is 0 Å². The van der Waals surface area contributed by atoms with Crippen LogP contribution >= 0.6 is 0 Å². The van der Waals surface area contributed by atoms with Gasteiger partial charge in [0, 0.05) is 17.4 Å². The molecule has 6 heteroatoms. The van der Waals surface area contributed by atoms with Crippen LogP contribution in [0.5, 0.6) is 0 Å². The van der Waals surface area contributed by atoms with E-state index in [9.17, 15) is 9.59 Å². The molecule has 0 unspecified atom stereocenters. The quantitative estimate of drug-likeness (QED) is 0.675. The topological polar surface area (TPSA) is 87.1 Å². The minimum Gasteiger partial charge on any atom is -0.408 e. The highest BCUT2D eigenvalue weighted by Crippen LogP contribution is 2.17. The number of nitrogens with one attached hydrogen (secondary N) is 3. The van der Waals surface area contributed by atoms with Gasteiger partial charge >= 0.3 is 11.8 Å². The average molecular weight is 283 g/mol. The van der Waals surface area contributed by atoms with Crippen molar-refractivity contribution < 1.29 is 9.21 Å². The zero-order chi connectivity index (χ0) is 14.8. The van der Waals surface area contributed by atoms with Crippen molar-refractivity contribution in [2.75, 3.05) is 10.6 Å². The van der Waals surface area contributed by atoms with Crippen molar-refractivity contribution in [3.8, 4) is 0 Å². The molecule has 3 N–H and O–H groups in total. The van der Waals surface area contributed by atoms with Crippen molar-refractivity contribution in [1.82, 2.24) is 4.98 Å². The van der Waals surface area contributed by atoms with Crippen LogP contribution in [-0.4, -0.2) is 11.0 Å². The van der Waals surface area contributed by atoms with Crippen molar-refractivity contribution in [3.05, 3.63) is 58.6 Å². The Morgan fingerprint density at radius 2 is 1.86 bits per heavy atom. The number of carbonyl (C=O) groups is 1. The van der Waals surface area contributed by atoms with Crippen molar-refractivity contribution in [3.63, 3.8) is 0 Å². The second-order valence-corrected chi connectivity index (χ2v) is 4.67. The first-order valence-corrected chi connectivity index (χ1v) is 6.38. The molecular formula is C15H13N3O3. The van der Waals surface area contributed by atoms with Crippen molar-refractivity contribution in [1.29, 1.82) is 0 Å². The second-order valence-electron chi connectivity index (χ2n) is 4.67. The fourth-order valence-electron chi connectivity index (χ4n) is 2.04. The summed E-state index contributed by atoms with van der Waals surface area (Å²) in [6, 6.07) is 12.1. The molecule has 0 bridgehead atoms. The number of aryl methyl sites for hydroxylation is 1. The van der Waals surface area contributed by atoms with Gasteiger partial charge in [-0.1, -0.05) is 12.1 Å². The van der Waals surface area contributed by atoms with Crippen LogP contribution in [0, 0.1) is 6.92 Å². The molecule has 2 aromatic carbocycles. The Labute approximate surface area is 119 Å². The van der Waals surface area contributed by atoms with Gasteiger partial charge in [0.25, 0.3) is 0 Å². The van der Waals surface area contributed by atoms with Crippen LogP contribution in [0.15, 0.2) is 51.7 Å². The molecule has 1 heterocycles. The number of hydrogen-bond acceptors (Lipinski definition) is 3. The first-order valence-electron chi connectivity index (χ1n) is 6.38. The number of fused-ring (bicyclic) bond motifs is 1. The maximum absolute atomic E-state index is 11.9. The lowest BCUT2D eigenvalue weighted by Gasteiger charge is -2.08. The van der Waals surface area contributed by atoms with E-state index >= 15 is 0 Å². The Balaban J connectivity index is 1.75. The highest BCUT2D eigenvalue weighted by Gasteiger charge is 2.06. The Morgan fingerprint density at radius 1 is 1.10 bits per heavy atom. The molecular weight excluding hydrogens is 270 g/mol. The fourth-order valence-corrected chi connectivity index (χ4v) is 2.04. The number of urea groups is 1. The van der Waals surface area contributed by atoms with E-state index in [0.717, 1.165) is 5.56 Å². The largest absolute Gasteiger partial charge is 0.417 e. The molecule has 21 heavy (non-hydrogen) atoms. The van der Waals surface area contributed by atoms with Crippen molar-refractivity contribution >= 4 is 28.5 Å². The van der Waals surface area contributed by atoms with E-state index in [0.29, 0.717) is 22.5 Å². The van der Waals surface area contributed by atoms with Crippen LogP contribution in [0.4, 0.5) is 16.2 Å². The average Bonchev–Trinajstić information content (AvgIpc) is 2.78. The first kappa shape index (κ1) is 13.0. The van der Waals surface area contributed by atoms with Crippen LogP contribution in [0.1, 0.15) is 5.56 Å². The molecule has 0 atom stereocenters. The minimum absolute atomic E-state index is 0.363. The third-order valence-corrected chi connectivity index (χ3v) is 2.95. The summed E-state index contributed by atoms with van der Waals surface area (Å²) in [5.41, 5.74) is 3.29. The summed E-state index contributed by atoms with van der Waals surface area (Å²) in [5.74, 6) is -0.522. The molecule has 6 nitrogen and oxygen atoms in total. The lowest BCUT2D eigenvalue weighted by Crippen LogP contribution is -2.19. The van der Waals surface area contributed by atoms with E-state index in [2.05, 4.69) is 15.6 Å². The zero-order valence-corrected chi connectivity index (χ0v) is 11.3. The number of hydrogen-bond donors (Lipinski definition) is 3. The summed E-state index contributed by atoms with van der Waals surface area (Å²) in [6.07, 6.45) is 0. The maximum atomic E-state index is 11.9. The monoisotopic (exact) mass is 283 g/mol. The molecule has 0 aliphatic rings. The van der Waals surface area contributed by atoms with E-state index in [1.54, 1.807) is 24.3 Å². The summed E-state index contributed by atoms with van der Waals surface area (Å²) < 4.78 is 4.94. The standard InChI is InChI=1S/C15H13N3O3/c1-9-3-2-4-10(7-9)16-14(19)17-11-5-6-12-13(8-11)21-15(20)18-12/h2-8H,1H3,(H,18,20)(H2,16,17,19). The molecule has 3 rings (SSSR count). The summed E-state index contributed by atoms with van der Waals surface area (Å²) in [7, 11) is 0. The van der Waals surface area contributed by atoms with Gasteiger partial charge in [0.05, 0.1) is 5.52 Å². The van der Waals surface area contributed by atoms with Gasteiger partial charge in [-0.05, 0) is 36.8 Å². The van der Waals surface area contributed by atoms with Gasteiger partial charge < -0.3 is 15.1 Å². The van der Waals surface area contributed by atoms with E-state index in [4.69, 9.17) is 4.42 Å². The predicted octanol–water partition coefficient (Wildman–Crippen LogP) is 3.07. The van der Waals surface area contributed by atoms with Gasteiger partial charge in [0.2, 0.25) is 0 Å². The van der Waals surface area contributed by atoms with Gasteiger partial charge in [0.1, 0.15) is 0 Å².